The van der Waals surface area contributed by atoms with Crippen molar-refractivity contribution in [3.05, 3.63) is 63.2 Å². The van der Waals surface area contributed by atoms with Gasteiger partial charge in [0.25, 0.3) is 0 Å². The van der Waals surface area contributed by atoms with Gasteiger partial charge < -0.3 is 49.2 Å². The molecule has 0 aromatic heterocycles. The Morgan fingerprint density at radius 3 is 2.08 bits per heavy atom. The number of carbonyl (C=O) groups is 3. The maximum absolute atomic E-state index is 13.9. The fraction of sp³-hybridized carbons (Fsp3) is 0.595. The van der Waals surface area contributed by atoms with E-state index in [9.17, 15) is 39.9 Å². The van der Waals surface area contributed by atoms with Crippen LogP contribution in [-0.2, 0) is 30.1 Å². The fourth-order valence-corrected chi connectivity index (χ4v) is 8.09. The van der Waals surface area contributed by atoms with Crippen LogP contribution in [0.25, 0.3) is 0 Å². The van der Waals surface area contributed by atoms with Gasteiger partial charge in [-0.05, 0) is 51.8 Å². The SMILES string of the molecule is C[C@@H]1O[C@@H](O[C@@H]2C[C@H](c3ccc4c(c3O)C(=O)c3ccc5c(c3C4=O)C(=O)C[C@](C)(O)C5)O[C@H](C)[C@H]2O)CC[C@@H]1O[C@H]1C[C@@H](O)[C@H](O)[C@@H](C)O1. The van der Waals surface area contributed by atoms with Gasteiger partial charge in [0.2, 0.25) is 0 Å². The van der Waals surface area contributed by atoms with E-state index in [4.69, 9.17) is 23.7 Å². The van der Waals surface area contributed by atoms with Crippen LogP contribution in [0.4, 0.5) is 0 Å². The third kappa shape index (κ3) is 6.22. The largest absolute Gasteiger partial charge is 0.507 e. The third-order valence-electron chi connectivity index (χ3n) is 10.8. The van der Waals surface area contributed by atoms with E-state index in [2.05, 4.69) is 0 Å². The summed E-state index contributed by atoms with van der Waals surface area (Å²) in [7, 11) is 0. The monoisotopic (exact) mass is 696 g/mol. The van der Waals surface area contributed by atoms with Gasteiger partial charge in [-0.2, -0.15) is 0 Å². The van der Waals surface area contributed by atoms with Gasteiger partial charge in [0.05, 0.1) is 53.9 Å². The first kappa shape index (κ1) is 35.3. The maximum Gasteiger partial charge on any atom is 0.198 e. The Hall–Kier alpha value is -3.11. The second kappa shape index (κ2) is 13.1. The first-order valence-electron chi connectivity index (χ1n) is 17.3. The molecular weight excluding hydrogens is 652 g/mol. The zero-order valence-electron chi connectivity index (χ0n) is 28.4. The van der Waals surface area contributed by atoms with Crippen LogP contribution in [0.5, 0.6) is 5.75 Å². The van der Waals surface area contributed by atoms with Crippen LogP contribution in [-0.4, -0.2) is 110 Å². The minimum absolute atomic E-state index is 0.00154. The number of benzene rings is 2. The Morgan fingerprint density at radius 2 is 1.36 bits per heavy atom. The number of Topliss-reactive ketones (excluding diaryl/α,β-unsaturated/α-hetero) is 1. The molecule has 2 aromatic rings. The van der Waals surface area contributed by atoms with Crippen LogP contribution in [0.15, 0.2) is 24.3 Å². The molecule has 3 fully saturated rings. The van der Waals surface area contributed by atoms with Crippen molar-refractivity contribution in [3.63, 3.8) is 0 Å². The predicted molar refractivity (Wildman–Crippen MR) is 173 cm³/mol. The van der Waals surface area contributed by atoms with Crippen LogP contribution >= 0.6 is 0 Å². The number of ether oxygens (including phenoxy) is 5. The standard InChI is InChI=1S/C37H44O13/c1-15-24(49-28-11-22(38)32(40)16(2)48-28)9-10-27(47-15)50-26-12-25(46-17(3)33(26)41)19-7-8-21-31(34(19)42)36(44)20-6-5-18-13-37(4,45)14-23(39)29(18)30(20)35(21)43/h5-8,15-17,22,24-28,32-33,38,40-42,45H,9-14H2,1-4H3/t15-,16+,17+,22+,24-,25+,26+,27-,28-,32+,33+,37+/m0/s1. The highest BCUT2D eigenvalue weighted by Crippen LogP contribution is 2.44. The van der Waals surface area contributed by atoms with Crippen molar-refractivity contribution in [1.29, 1.82) is 0 Å². The molecule has 0 amide bonds. The van der Waals surface area contributed by atoms with E-state index < -0.39 is 90.1 Å². The molecule has 3 heterocycles. The van der Waals surface area contributed by atoms with Crippen LogP contribution < -0.4 is 0 Å². The Labute approximate surface area is 289 Å². The van der Waals surface area contributed by atoms with E-state index in [0.717, 1.165) is 0 Å². The van der Waals surface area contributed by atoms with Crippen molar-refractivity contribution >= 4 is 17.3 Å². The number of hydrogen-bond acceptors (Lipinski definition) is 13. The fourth-order valence-electron chi connectivity index (χ4n) is 8.09. The molecule has 0 unspecified atom stereocenters. The molecule has 50 heavy (non-hydrogen) atoms. The number of fused-ring (bicyclic) bond motifs is 4. The second-order valence-electron chi connectivity index (χ2n) is 14.7. The van der Waals surface area contributed by atoms with Gasteiger partial charge in [-0.3, -0.25) is 14.4 Å². The molecule has 13 nitrogen and oxygen atoms in total. The molecule has 5 N–H and O–H groups in total. The lowest BCUT2D eigenvalue weighted by atomic mass is 9.73. The summed E-state index contributed by atoms with van der Waals surface area (Å²) in [6.07, 6.45) is -6.73. The van der Waals surface area contributed by atoms with Crippen LogP contribution in [0.3, 0.4) is 0 Å². The van der Waals surface area contributed by atoms with Gasteiger partial charge in [0.1, 0.15) is 18.0 Å². The van der Waals surface area contributed by atoms with Gasteiger partial charge in [0, 0.05) is 59.9 Å². The molecule has 270 valence electrons. The van der Waals surface area contributed by atoms with Crippen molar-refractivity contribution in [1.82, 2.24) is 0 Å². The quantitative estimate of drug-likeness (QED) is 0.261. The van der Waals surface area contributed by atoms with E-state index in [1.807, 2.05) is 6.92 Å². The topological polar surface area (TPSA) is 199 Å². The number of rotatable bonds is 5. The van der Waals surface area contributed by atoms with Crippen molar-refractivity contribution in [2.75, 3.05) is 0 Å². The molecule has 0 radical (unpaired) electrons. The normalized spacial score (nSPS) is 38.7. The highest BCUT2D eigenvalue weighted by molar-refractivity contribution is 6.32. The molecule has 3 saturated heterocycles. The highest BCUT2D eigenvalue weighted by atomic mass is 16.7. The minimum Gasteiger partial charge on any atom is -0.507 e. The van der Waals surface area contributed by atoms with Crippen LogP contribution in [0.2, 0.25) is 0 Å². The number of phenols is 1. The Morgan fingerprint density at radius 1 is 0.720 bits per heavy atom. The lowest BCUT2D eigenvalue weighted by Crippen LogP contribution is -2.51. The Balaban J connectivity index is 1.06. The summed E-state index contributed by atoms with van der Waals surface area (Å²) >= 11 is 0. The zero-order chi connectivity index (χ0) is 35.8. The molecule has 12 atom stereocenters. The summed E-state index contributed by atoms with van der Waals surface area (Å²) in [4.78, 5) is 40.8. The van der Waals surface area contributed by atoms with Crippen molar-refractivity contribution in [2.24, 2.45) is 0 Å². The van der Waals surface area contributed by atoms with E-state index in [-0.39, 0.29) is 65.2 Å². The molecular formula is C37H44O13. The summed E-state index contributed by atoms with van der Waals surface area (Å²) in [6, 6.07) is 6.01. The molecule has 0 bridgehead atoms. The first-order chi connectivity index (χ1) is 23.6. The smallest absolute Gasteiger partial charge is 0.198 e. The van der Waals surface area contributed by atoms with Crippen molar-refractivity contribution in [3.8, 4) is 5.75 Å². The summed E-state index contributed by atoms with van der Waals surface area (Å²) in [6.45, 7) is 6.74. The van der Waals surface area contributed by atoms with Crippen molar-refractivity contribution in [2.45, 2.75) is 139 Å². The lowest BCUT2D eigenvalue weighted by Gasteiger charge is -2.43. The Kier molecular flexibility index (Phi) is 9.28. The molecule has 0 saturated carbocycles. The lowest BCUT2D eigenvalue weighted by molar-refractivity contribution is -0.306. The Bertz CT molecular complexity index is 1690. The molecule has 13 heteroatoms. The summed E-state index contributed by atoms with van der Waals surface area (Å²) < 4.78 is 30.3. The van der Waals surface area contributed by atoms with Gasteiger partial charge in [0.15, 0.2) is 29.9 Å². The molecule has 3 aliphatic heterocycles. The number of carbonyl (C=O) groups excluding carboxylic acids is 3. The molecule has 2 aromatic carbocycles. The van der Waals surface area contributed by atoms with Gasteiger partial charge in [-0.15, -0.1) is 0 Å². The average Bonchev–Trinajstić information content (AvgIpc) is 3.04. The average molecular weight is 697 g/mol. The summed E-state index contributed by atoms with van der Waals surface area (Å²) in [5, 5.41) is 53.2. The van der Waals surface area contributed by atoms with E-state index >= 15 is 0 Å². The van der Waals surface area contributed by atoms with Crippen LogP contribution in [0.1, 0.15) is 119 Å². The summed E-state index contributed by atoms with van der Waals surface area (Å²) in [5.74, 6) is -1.98. The van der Waals surface area contributed by atoms with E-state index in [1.54, 1.807) is 26.8 Å². The van der Waals surface area contributed by atoms with Crippen LogP contribution in [0, 0.1) is 0 Å². The number of aliphatic hydroxyl groups excluding tert-OH is 3. The highest BCUT2D eigenvalue weighted by Gasteiger charge is 2.45. The molecule has 5 aliphatic rings. The van der Waals surface area contributed by atoms with Gasteiger partial charge in [-0.1, -0.05) is 12.1 Å². The van der Waals surface area contributed by atoms with Gasteiger partial charge >= 0.3 is 0 Å². The zero-order valence-corrected chi connectivity index (χ0v) is 28.4. The maximum atomic E-state index is 13.9. The predicted octanol–water partition coefficient (Wildman–Crippen LogP) is 2.41. The number of phenolic OH excluding ortho intramolecular Hbond substituents is 1. The van der Waals surface area contributed by atoms with E-state index in [0.29, 0.717) is 18.4 Å². The van der Waals surface area contributed by atoms with E-state index in [1.165, 1.54) is 18.2 Å². The third-order valence-corrected chi connectivity index (χ3v) is 10.8. The molecule has 2 aliphatic carbocycles. The minimum atomic E-state index is -1.25. The number of hydrogen-bond donors (Lipinski definition) is 5. The molecule has 7 rings (SSSR count). The van der Waals surface area contributed by atoms with Crippen molar-refractivity contribution < 1.29 is 63.6 Å². The van der Waals surface area contributed by atoms with Gasteiger partial charge in [-0.25, -0.2) is 0 Å². The number of aliphatic hydroxyl groups is 4. The first-order valence-corrected chi connectivity index (χ1v) is 17.3. The number of ketones is 3. The number of aromatic hydroxyl groups is 1. The summed E-state index contributed by atoms with van der Waals surface area (Å²) in [5.41, 5.74) is -0.546. The molecule has 0 spiro atoms. The second-order valence-corrected chi connectivity index (χ2v) is 14.7.